The summed E-state index contributed by atoms with van der Waals surface area (Å²) in [5.74, 6) is -2.91. The lowest BCUT2D eigenvalue weighted by molar-refractivity contribution is -0.167. The maximum atomic E-state index is 13.5. The van der Waals surface area contributed by atoms with Crippen molar-refractivity contribution in [3.8, 4) is 0 Å². The van der Waals surface area contributed by atoms with E-state index in [1.54, 1.807) is 13.0 Å². The number of aliphatic hydroxyl groups is 3. The molecule has 0 aromatic heterocycles. The molecular formula is C24H43NO7S. The van der Waals surface area contributed by atoms with E-state index in [0.29, 0.717) is 24.5 Å². The molecule has 0 bridgehead atoms. The molecule has 6 atom stereocenters. The topological polar surface area (TPSA) is 133 Å². The van der Waals surface area contributed by atoms with Crippen molar-refractivity contribution >= 4 is 29.1 Å². The van der Waals surface area contributed by atoms with Crippen LogP contribution in [0.1, 0.15) is 66.2 Å². The lowest BCUT2D eigenvalue weighted by atomic mass is 9.66. The molecule has 0 heterocycles. The average molecular weight is 490 g/mol. The Kier molecular flexibility index (Phi) is 15.0. The van der Waals surface area contributed by atoms with E-state index in [4.69, 9.17) is 0 Å². The highest BCUT2D eigenvalue weighted by Gasteiger charge is 2.62. The number of aldehydes is 1. The second-order valence-electron chi connectivity index (χ2n) is 8.60. The number of ether oxygens (including phenoxy) is 1. The van der Waals surface area contributed by atoms with Gasteiger partial charge >= 0.3 is 5.97 Å². The van der Waals surface area contributed by atoms with Crippen molar-refractivity contribution in [3.05, 3.63) is 12.2 Å². The van der Waals surface area contributed by atoms with Gasteiger partial charge in [-0.2, -0.15) is 0 Å². The molecule has 0 rings (SSSR count). The number of nitrogens with one attached hydrogen (secondary N) is 1. The second kappa shape index (κ2) is 15.6. The van der Waals surface area contributed by atoms with Crippen LogP contribution in [-0.4, -0.2) is 75.9 Å². The van der Waals surface area contributed by atoms with Gasteiger partial charge in [0.05, 0.1) is 31.0 Å². The highest BCUT2D eigenvalue weighted by Crippen LogP contribution is 2.40. The largest absolute Gasteiger partial charge is 0.468 e. The molecule has 33 heavy (non-hydrogen) atoms. The number of hydrogen-bond acceptors (Lipinski definition) is 9. The van der Waals surface area contributed by atoms with Crippen LogP contribution >= 0.6 is 11.8 Å². The zero-order chi connectivity index (χ0) is 25.7. The fraction of sp³-hybridized carbons (Fsp3) is 0.792. The molecule has 0 aliphatic rings. The number of thioether (sulfide) groups is 1. The third-order valence-corrected chi connectivity index (χ3v) is 7.18. The van der Waals surface area contributed by atoms with Crippen molar-refractivity contribution in [2.75, 3.05) is 19.9 Å². The summed E-state index contributed by atoms with van der Waals surface area (Å²) in [5.41, 5.74) is -4.24. The molecule has 9 heteroatoms. The fourth-order valence-electron chi connectivity index (χ4n) is 4.05. The molecule has 0 fully saturated rings. The number of methoxy groups -OCH3 is 1. The molecule has 0 spiro atoms. The lowest BCUT2D eigenvalue weighted by Gasteiger charge is -2.50. The lowest BCUT2D eigenvalue weighted by Crippen LogP contribution is -2.75. The Bertz CT molecular complexity index is 640. The quantitative estimate of drug-likeness (QED) is 0.105. The summed E-state index contributed by atoms with van der Waals surface area (Å²) >= 11 is 0.585. The van der Waals surface area contributed by atoms with Crippen LogP contribution in [0, 0.1) is 11.8 Å². The minimum Gasteiger partial charge on any atom is -0.468 e. The van der Waals surface area contributed by atoms with Gasteiger partial charge in [0.1, 0.15) is 17.4 Å². The third kappa shape index (κ3) is 8.17. The summed E-state index contributed by atoms with van der Waals surface area (Å²) in [7, 11) is 2.60. The molecule has 4 unspecified atom stereocenters. The van der Waals surface area contributed by atoms with Gasteiger partial charge in [0.15, 0.2) is 0 Å². The van der Waals surface area contributed by atoms with E-state index in [9.17, 15) is 29.7 Å². The molecule has 0 saturated heterocycles. The van der Waals surface area contributed by atoms with E-state index in [-0.39, 0.29) is 12.2 Å². The summed E-state index contributed by atoms with van der Waals surface area (Å²) < 4.78 is 4.60. The molecule has 4 N–H and O–H groups in total. The number of esters is 1. The molecule has 0 aliphatic carbocycles. The minimum absolute atomic E-state index is 0.263. The molecule has 0 aromatic rings. The van der Waals surface area contributed by atoms with Crippen LogP contribution in [0.3, 0.4) is 0 Å². The summed E-state index contributed by atoms with van der Waals surface area (Å²) in [6.07, 6.45) is 5.74. The van der Waals surface area contributed by atoms with Crippen molar-refractivity contribution in [2.24, 2.45) is 11.8 Å². The van der Waals surface area contributed by atoms with Gasteiger partial charge in [-0.1, -0.05) is 70.4 Å². The molecule has 0 amide bonds. The Morgan fingerprint density at radius 3 is 2.30 bits per heavy atom. The number of carbonyl (C=O) groups is 3. The van der Waals surface area contributed by atoms with Gasteiger partial charge in [-0.15, -0.1) is 0 Å². The van der Waals surface area contributed by atoms with Crippen molar-refractivity contribution in [3.63, 3.8) is 0 Å². The van der Waals surface area contributed by atoms with Gasteiger partial charge in [0, 0.05) is 5.92 Å². The first kappa shape index (κ1) is 31.7. The smallest absolute Gasteiger partial charge is 0.316 e. The Hall–Kier alpha value is -1.26. The zero-order valence-corrected chi connectivity index (χ0v) is 21.7. The first-order valence-corrected chi connectivity index (χ1v) is 12.6. The summed E-state index contributed by atoms with van der Waals surface area (Å²) in [4.78, 5) is 37.2. The second-order valence-corrected chi connectivity index (χ2v) is 9.55. The van der Waals surface area contributed by atoms with Crippen molar-refractivity contribution in [1.29, 1.82) is 0 Å². The van der Waals surface area contributed by atoms with Crippen LogP contribution in [0.2, 0.25) is 0 Å². The van der Waals surface area contributed by atoms with E-state index in [0.717, 1.165) is 25.7 Å². The normalized spacial score (nSPS) is 19.2. The Morgan fingerprint density at radius 2 is 1.82 bits per heavy atom. The van der Waals surface area contributed by atoms with Crippen molar-refractivity contribution in [1.82, 2.24) is 5.32 Å². The molecule has 0 radical (unpaired) electrons. The number of allylic oxidation sites excluding steroid dienone is 1. The highest BCUT2D eigenvalue weighted by molar-refractivity contribution is 8.14. The predicted molar refractivity (Wildman–Crippen MR) is 131 cm³/mol. The number of hydrogen-bond donors (Lipinski definition) is 4. The number of rotatable bonds is 17. The third-order valence-electron chi connectivity index (χ3n) is 6.21. The number of aliphatic hydroxyl groups excluding tert-OH is 2. The van der Waals surface area contributed by atoms with Gasteiger partial charge in [-0.3, -0.25) is 9.59 Å². The van der Waals surface area contributed by atoms with Gasteiger partial charge in [-0.05, 0) is 26.8 Å². The van der Waals surface area contributed by atoms with E-state index >= 15 is 0 Å². The van der Waals surface area contributed by atoms with Crippen LogP contribution in [0.15, 0.2) is 12.2 Å². The summed E-state index contributed by atoms with van der Waals surface area (Å²) in [6, 6.07) is 0. The number of carbonyl (C=O) groups excluding carboxylic acids is 3. The Labute approximate surface area is 202 Å². The highest BCUT2D eigenvalue weighted by atomic mass is 32.2. The van der Waals surface area contributed by atoms with E-state index in [2.05, 4.69) is 10.1 Å². The maximum Gasteiger partial charge on any atom is 0.316 e. The van der Waals surface area contributed by atoms with Gasteiger partial charge in [0.2, 0.25) is 5.12 Å². The van der Waals surface area contributed by atoms with Crippen LogP contribution in [0.5, 0.6) is 0 Å². The molecule has 0 saturated carbocycles. The predicted octanol–water partition coefficient (Wildman–Crippen LogP) is 2.24. The fourth-order valence-corrected chi connectivity index (χ4v) is 5.07. The average Bonchev–Trinajstić information content (AvgIpc) is 2.78. The van der Waals surface area contributed by atoms with Crippen LogP contribution < -0.4 is 5.32 Å². The standard InChI is InChI=1S/C24H43NO7S/c1-7-9-11-13-17(3)21(29)24(25-5,22(30)33-16-20(28)32-6)23(4,31)18(15-26)19(27)14-12-10-8-2/h11,13,15,17-19,21,25,27,29,31H,7-10,12,14,16H2,1-6H3/b13-11-/t17?,18?,19?,21-,23+,24?/m1/s1. The van der Waals surface area contributed by atoms with Gasteiger partial charge in [-0.25, -0.2) is 0 Å². The maximum absolute atomic E-state index is 13.5. The Balaban J connectivity index is 6.38. The molecular weight excluding hydrogens is 446 g/mol. The zero-order valence-electron chi connectivity index (χ0n) is 20.9. The van der Waals surface area contributed by atoms with Crippen LogP contribution in [-0.2, 0) is 19.1 Å². The van der Waals surface area contributed by atoms with E-state index in [1.165, 1.54) is 21.1 Å². The first-order valence-electron chi connectivity index (χ1n) is 11.6. The minimum atomic E-state index is -2.18. The van der Waals surface area contributed by atoms with Crippen LogP contribution in [0.4, 0.5) is 0 Å². The Morgan fingerprint density at radius 1 is 1.18 bits per heavy atom. The van der Waals surface area contributed by atoms with Gasteiger partial charge < -0.3 is 30.2 Å². The first-order chi connectivity index (χ1) is 15.5. The van der Waals surface area contributed by atoms with E-state index in [1.807, 2.05) is 19.9 Å². The molecule has 0 aromatic carbocycles. The summed E-state index contributed by atoms with van der Waals surface area (Å²) in [6.45, 7) is 6.99. The number of unbranched alkanes of at least 4 members (excludes halogenated alkanes) is 3. The molecule has 8 nitrogen and oxygen atoms in total. The van der Waals surface area contributed by atoms with Crippen LogP contribution in [0.25, 0.3) is 0 Å². The molecule has 0 aliphatic heterocycles. The van der Waals surface area contributed by atoms with Crippen molar-refractivity contribution < 1.29 is 34.4 Å². The van der Waals surface area contributed by atoms with Gasteiger partial charge in [0.25, 0.3) is 0 Å². The van der Waals surface area contributed by atoms with Crippen molar-refractivity contribution in [2.45, 2.75) is 89.6 Å². The SMILES string of the molecule is CCC/C=C\C(C)[C@@H](O)C(NC)(C(=O)SCC(=O)OC)[C@@](C)(O)C(C=O)C(O)CCCCC. The molecule has 192 valence electrons. The monoisotopic (exact) mass is 489 g/mol. The number of likely N-dealkylation sites (N-methyl/N-ethyl adjacent to an activating group) is 1. The summed E-state index contributed by atoms with van der Waals surface area (Å²) in [5, 5.41) is 35.9. The van der Waals surface area contributed by atoms with E-state index < -0.39 is 46.3 Å².